The number of fused-ring (bicyclic) bond motifs is 4. The van der Waals surface area contributed by atoms with Gasteiger partial charge in [0, 0.05) is 94.2 Å². The number of carbonyl (C=O) groups excluding carboxylic acids is 2. The Hall–Kier alpha value is -6.80. The average molecular weight is 1090 g/mol. The van der Waals surface area contributed by atoms with Gasteiger partial charge in [-0.3, -0.25) is 19.5 Å². The van der Waals surface area contributed by atoms with Crippen LogP contribution in [0.5, 0.6) is 11.8 Å². The molecule has 19 heteroatoms. The number of piperidine rings is 1. The number of phenols is 1. The Morgan fingerprint density at radius 2 is 1.75 bits per heavy atom. The number of halogens is 1. The number of thiazole rings is 1. The van der Waals surface area contributed by atoms with E-state index in [-0.39, 0.29) is 52.7 Å². The summed E-state index contributed by atoms with van der Waals surface area (Å²) in [7, 11) is 0. The molecule has 3 N–H and O–H groups in total. The standard InChI is InChI=1S/C60H69FN12O5S/c1-4-39-7-5-8-42-23-45(74)24-47(52(39)42)54-53(61)55-48(27-62-54)57(71-29-43-14-15-44(30-71)65-43)67-59(66-55)77-22-21-69-19-16-38(17-20-69)28-70-31-60(32-70)33-72(34-60)50-25-46(78-68-50)26-51(75)73-18-6-9-49(73)58(76)64-36(2)40-10-12-41(13-11-40)56-37(3)63-35-79-56/h5,7-8,10-13,23-25,27,35-36,38,43-44,49,65,74H,4,6,9,14-22,26,28-34H2,1-3H3,(H,64,76). The highest BCUT2D eigenvalue weighted by atomic mass is 32.1. The van der Waals surface area contributed by atoms with Crippen molar-refractivity contribution in [3.8, 4) is 33.5 Å². The molecular weight excluding hydrogens is 1020 g/mol. The predicted octanol–water partition coefficient (Wildman–Crippen LogP) is 7.94. The van der Waals surface area contributed by atoms with Gasteiger partial charge in [-0.2, -0.15) is 9.97 Å². The summed E-state index contributed by atoms with van der Waals surface area (Å²) in [4.78, 5) is 58.3. The molecule has 4 unspecified atom stereocenters. The van der Waals surface area contributed by atoms with Crippen molar-refractivity contribution in [2.75, 3.05) is 88.4 Å². The highest BCUT2D eigenvalue weighted by Crippen LogP contribution is 2.43. The van der Waals surface area contributed by atoms with Gasteiger partial charge in [-0.05, 0) is 117 Å². The fraction of sp³-hybridized carbons (Fsp3) is 0.483. The van der Waals surface area contributed by atoms with Crippen LogP contribution < -0.4 is 25.2 Å². The first-order valence-corrected chi connectivity index (χ1v) is 29.3. The second kappa shape index (κ2) is 21.3. The predicted molar refractivity (Wildman–Crippen MR) is 303 cm³/mol. The number of aromatic nitrogens is 5. The summed E-state index contributed by atoms with van der Waals surface area (Å²) in [6.07, 6.45) is 8.35. The number of hydrogen-bond acceptors (Lipinski definition) is 16. The minimum absolute atomic E-state index is 0.0528. The fourth-order valence-corrected chi connectivity index (χ4v) is 14.5. The molecule has 0 radical (unpaired) electrons. The zero-order chi connectivity index (χ0) is 53.9. The summed E-state index contributed by atoms with van der Waals surface area (Å²) in [5.41, 5.74) is 7.14. The van der Waals surface area contributed by atoms with Crippen LogP contribution in [0.15, 0.2) is 76.9 Å². The van der Waals surface area contributed by atoms with Crippen LogP contribution in [0.1, 0.15) is 81.0 Å². The van der Waals surface area contributed by atoms with Crippen LogP contribution in [0.4, 0.5) is 16.0 Å². The van der Waals surface area contributed by atoms with Gasteiger partial charge in [0.15, 0.2) is 11.6 Å². The lowest BCUT2D eigenvalue weighted by atomic mass is 9.72. The second-order valence-corrected chi connectivity index (χ2v) is 24.1. The number of rotatable bonds is 16. The highest BCUT2D eigenvalue weighted by molar-refractivity contribution is 7.13. The second-order valence-electron chi connectivity index (χ2n) is 23.3. The fourth-order valence-electron chi connectivity index (χ4n) is 13.7. The lowest BCUT2D eigenvalue weighted by Crippen LogP contribution is -2.72. The van der Waals surface area contributed by atoms with Crippen molar-refractivity contribution in [3.63, 3.8) is 0 Å². The highest BCUT2D eigenvalue weighted by Gasteiger charge is 2.52. The Morgan fingerprint density at radius 3 is 2.51 bits per heavy atom. The van der Waals surface area contributed by atoms with Gasteiger partial charge in [-0.15, -0.1) is 11.3 Å². The lowest BCUT2D eigenvalue weighted by molar-refractivity contribution is -0.138. The van der Waals surface area contributed by atoms with Crippen LogP contribution in [0.25, 0.3) is 43.4 Å². The molecule has 412 valence electrons. The molecule has 6 aliphatic heterocycles. The topological polar surface area (TPSA) is 181 Å². The smallest absolute Gasteiger partial charge is 0.319 e. The maximum Gasteiger partial charge on any atom is 0.319 e. The molecule has 2 amide bonds. The number of piperazine rings is 1. The number of aromatic hydroxyl groups is 1. The maximum atomic E-state index is 17.1. The van der Waals surface area contributed by atoms with Gasteiger partial charge in [-0.1, -0.05) is 54.5 Å². The van der Waals surface area contributed by atoms with E-state index >= 15 is 4.39 Å². The van der Waals surface area contributed by atoms with E-state index in [9.17, 15) is 14.7 Å². The van der Waals surface area contributed by atoms with Crippen molar-refractivity contribution in [1.29, 1.82) is 0 Å². The number of nitrogens with one attached hydrogen (secondary N) is 2. The summed E-state index contributed by atoms with van der Waals surface area (Å²) in [6, 6.07) is 19.5. The summed E-state index contributed by atoms with van der Waals surface area (Å²) in [6.45, 7) is 16.3. The van der Waals surface area contributed by atoms with E-state index in [1.54, 1.807) is 34.6 Å². The summed E-state index contributed by atoms with van der Waals surface area (Å²) in [5.74, 6) is 1.82. The Kier molecular flexibility index (Phi) is 14.0. The molecule has 3 aromatic carbocycles. The number of ether oxygens (including phenoxy) is 1. The van der Waals surface area contributed by atoms with Crippen LogP contribution in [0.2, 0.25) is 0 Å². The van der Waals surface area contributed by atoms with Gasteiger partial charge < -0.3 is 44.6 Å². The SMILES string of the molecule is CCc1cccc2cc(O)cc(-c3ncc4c(N5CC6CCC(C5)N6)nc(OCCN5CCC(CN6CC7(C6)CN(c6cc(CC(=O)N8CCCC8C(=O)NC(C)c8ccc(-c9scnc9C)cc8)on6)C7)CC5)nc4c3F)c12. The third-order valence-corrected chi connectivity index (χ3v) is 18.7. The van der Waals surface area contributed by atoms with E-state index in [0.717, 1.165) is 148 Å². The molecule has 0 aliphatic carbocycles. The molecular formula is C60H69FN12O5S. The molecule has 10 heterocycles. The first-order valence-electron chi connectivity index (χ1n) is 28.4. The molecule has 13 rings (SSSR count). The number of aryl methyl sites for hydroxylation is 2. The van der Waals surface area contributed by atoms with Gasteiger partial charge in [0.25, 0.3) is 0 Å². The normalized spacial score (nSPS) is 21.7. The lowest BCUT2D eigenvalue weighted by Gasteiger charge is -2.61. The molecule has 4 atom stereocenters. The Labute approximate surface area is 463 Å². The van der Waals surface area contributed by atoms with Gasteiger partial charge in [0.2, 0.25) is 11.8 Å². The number of hydrogen-bond donors (Lipinski definition) is 3. The third kappa shape index (κ3) is 10.3. The number of amides is 2. The number of pyridine rings is 1. The minimum atomic E-state index is -0.551. The molecule has 0 saturated carbocycles. The zero-order valence-corrected chi connectivity index (χ0v) is 46.1. The van der Waals surface area contributed by atoms with Crippen LogP contribution in [0, 0.1) is 24.1 Å². The van der Waals surface area contributed by atoms with Gasteiger partial charge in [-0.25, -0.2) is 9.37 Å². The number of carbonyl (C=O) groups is 2. The monoisotopic (exact) mass is 1090 g/mol. The molecule has 4 aromatic heterocycles. The quantitative estimate of drug-likeness (QED) is 0.0848. The first kappa shape index (κ1) is 51.6. The van der Waals surface area contributed by atoms with Crippen molar-refractivity contribution in [2.24, 2.45) is 11.3 Å². The Morgan fingerprint density at radius 1 is 0.949 bits per heavy atom. The Balaban J connectivity index is 0.570. The van der Waals surface area contributed by atoms with E-state index in [4.69, 9.17) is 24.2 Å². The van der Waals surface area contributed by atoms with E-state index in [2.05, 4.69) is 59.4 Å². The molecule has 79 heavy (non-hydrogen) atoms. The molecule has 7 aromatic rings. The molecule has 17 nitrogen and oxygen atoms in total. The van der Waals surface area contributed by atoms with E-state index in [0.29, 0.717) is 60.1 Å². The third-order valence-electron chi connectivity index (χ3n) is 17.7. The number of nitrogens with zero attached hydrogens (tertiary/aromatic N) is 10. The van der Waals surface area contributed by atoms with Gasteiger partial charge >= 0.3 is 6.01 Å². The number of phenolic OH excluding ortho intramolecular Hbond substituents is 1. The maximum absolute atomic E-state index is 17.1. The van der Waals surface area contributed by atoms with Crippen LogP contribution in [-0.2, 0) is 22.4 Å². The summed E-state index contributed by atoms with van der Waals surface area (Å²) < 4.78 is 29.1. The van der Waals surface area contributed by atoms with Crippen molar-refractivity contribution in [3.05, 3.63) is 101 Å². The van der Waals surface area contributed by atoms with Crippen molar-refractivity contribution in [2.45, 2.75) is 96.3 Å². The zero-order valence-electron chi connectivity index (χ0n) is 45.3. The van der Waals surface area contributed by atoms with Gasteiger partial charge in [0.1, 0.15) is 41.2 Å². The number of anilines is 2. The molecule has 6 fully saturated rings. The summed E-state index contributed by atoms with van der Waals surface area (Å²) >= 11 is 1.62. The molecule has 1 spiro atoms. The van der Waals surface area contributed by atoms with E-state index in [1.165, 1.54) is 0 Å². The summed E-state index contributed by atoms with van der Waals surface area (Å²) in [5, 5.41) is 24.2. The average Bonchev–Trinajstić information content (AvgIpc) is 4.41. The first-order chi connectivity index (χ1) is 38.4. The Bertz CT molecular complexity index is 3390. The van der Waals surface area contributed by atoms with E-state index in [1.807, 2.05) is 55.8 Å². The molecule has 6 saturated heterocycles. The number of benzene rings is 3. The van der Waals surface area contributed by atoms with Gasteiger partial charge in [0.05, 0.1) is 33.9 Å². The van der Waals surface area contributed by atoms with E-state index < -0.39 is 11.9 Å². The number of likely N-dealkylation sites (tertiary alicyclic amines) is 3. The van der Waals surface area contributed by atoms with Crippen LogP contribution >= 0.6 is 11.3 Å². The molecule has 6 aliphatic rings. The van der Waals surface area contributed by atoms with Crippen LogP contribution in [-0.4, -0.2) is 153 Å². The molecule has 2 bridgehead atoms. The van der Waals surface area contributed by atoms with Crippen molar-refractivity contribution in [1.82, 2.24) is 50.4 Å². The van der Waals surface area contributed by atoms with Crippen molar-refractivity contribution >= 4 is 56.5 Å². The minimum Gasteiger partial charge on any atom is -0.508 e. The largest absolute Gasteiger partial charge is 0.508 e. The van der Waals surface area contributed by atoms with Crippen LogP contribution in [0.3, 0.4) is 0 Å². The van der Waals surface area contributed by atoms with Crippen molar-refractivity contribution < 1.29 is 28.3 Å².